The van der Waals surface area contributed by atoms with Crippen LogP contribution >= 0.6 is 11.8 Å². The molecule has 1 unspecified atom stereocenters. The average Bonchev–Trinajstić information content (AvgIpc) is 2.82. The van der Waals surface area contributed by atoms with Crippen molar-refractivity contribution in [2.75, 3.05) is 5.75 Å². The summed E-state index contributed by atoms with van der Waals surface area (Å²) in [5.74, 6) is -1.17. The lowest BCUT2D eigenvalue weighted by Crippen LogP contribution is -2.52. The Labute approximate surface area is 136 Å². The summed E-state index contributed by atoms with van der Waals surface area (Å²) >= 11 is 1.31. The SMILES string of the molecule is NC(=O)CSc1ccc2c(c1)CN(C1CCC(=O)NC1=O)C2=O. The molecule has 0 radical (unpaired) electrons. The summed E-state index contributed by atoms with van der Waals surface area (Å²) in [4.78, 5) is 48.9. The van der Waals surface area contributed by atoms with Crippen LogP contribution in [0, 0.1) is 0 Å². The third-order valence-electron chi connectivity index (χ3n) is 3.88. The second kappa shape index (κ2) is 6.04. The van der Waals surface area contributed by atoms with Crippen LogP contribution in [0.2, 0.25) is 0 Å². The van der Waals surface area contributed by atoms with E-state index in [9.17, 15) is 19.2 Å². The minimum Gasteiger partial charge on any atom is -0.369 e. The van der Waals surface area contributed by atoms with Gasteiger partial charge >= 0.3 is 0 Å². The lowest BCUT2D eigenvalue weighted by molar-refractivity contribution is -0.137. The first-order valence-electron chi connectivity index (χ1n) is 7.14. The minimum absolute atomic E-state index is 0.170. The van der Waals surface area contributed by atoms with Crippen molar-refractivity contribution in [2.24, 2.45) is 5.73 Å². The van der Waals surface area contributed by atoms with Crippen molar-refractivity contribution in [3.63, 3.8) is 0 Å². The number of piperidine rings is 1. The fourth-order valence-corrected chi connectivity index (χ4v) is 3.49. The molecule has 2 aliphatic rings. The van der Waals surface area contributed by atoms with E-state index in [1.54, 1.807) is 12.1 Å². The van der Waals surface area contributed by atoms with Gasteiger partial charge in [0.1, 0.15) is 6.04 Å². The number of nitrogens with one attached hydrogen (secondary N) is 1. The standard InChI is InChI=1S/C15H15N3O4S/c16-12(19)7-23-9-1-2-10-8(5-9)6-18(15(10)22)11-3-4-13(20)17-14(11)21/h1-2,5,11H,3-4,6-7H2,(H2,16,19)(H,17,20,21). The van der Waals surface area contributed by atoms with Crippen molar-refractivity contribution in [3.8, 4) is 0 Å². The smallest absolute Gasteiger partial charge is 0.255 e. The van der Waals surface area contributed by atoms with E-state index in [0.29, 0.717) is 18.5 Å². The Balaban J connectivity index is 1.77. The number of imide groups is 1. The summed E-state index contributed by atoms with van der Waals surface area (Å²) in [6.07, 6.45) is 0.573. The number of nitrogens with two attached hydrogens (primary N) is 1. The van der Waals surface area contributed by atoms with Gasteiger partial charge < -0.3 is 10.6 Å². The maximum absolute atomic E-state index is 12.5. The van der Waals surface area contributed by atoms with Gasteiger partial charge in [0.15, 0.2) is 0 Å². The highest BCUT2D eigenvalue weighted by Crippen LogP contribution is 2.30. The molecule has 3 N–H and O–H groups in total. The predicted molar refractivity (Wildman–Crippen MR) is 82.4 cm³/mol. The van der Waals surface area contributed by atoms with Gasteiger partial charge in [0, 0.05) is 23.4 Å². The number of carbonyl (C=O) groups is 4. The first kappa shape index (κ1) is 15.5. The molecule has 23 heavy (non-hydrogen) atoms. The van der Waals surface area contributed by atoms with Crippen molar-refractivity contribution < 1.29 is 19.2 Å². The molecule has 2 aliphatic heterocycles. The number of benzene rings is 1. The number of amides is 4. The Hall–Kier alpha value is -2.35. The van der Waals surface area contributed by atoms with Crippen LogP contribution in [0.15, 0.2) is 23.1 Å². The van der Waals surface area contributed by atoms with Crippen LogP contribution in [-0.4, -0.2) is 40.3 Å². The fourth-order valence-electron chi connectivity index (χ4n) is 2.80. The summed E-state index contributed by atoms with van der Waals surface area (Å²) in [5, 5.41) is 2.27. The minimum atomic E-state index is -0.616. The van der Waals surface area contributed by atoms with Gasteiger partial charge in [0.2, 0.25) is 17.7 Å². The van der Waals surface area contributed by atoms with Gasteiger partial charge in [-0.25, -0.2) is 0 Å². The Morgan fingerprint density at radius 1 is 1.35 bits per heavy atom. The van der Waals surface area contributed by atoms with Gasteiger partial charge in [-0.3, -0.25) is 24.5 Å². The molecule has 1 atom stereocenters. The third-order valence-corrected chi connectivity index (χ3v) is 4.89. The second-order valence-corrected chi connectivity index (χ2v) is 6.52. The van der Waals surface area contributed by atoms with Crippen molar-refractivity contribution in [1.29, 1.82) is 0 Å². The van der Waals surface area contributed by atoms with Crippen LogP contribution in [0.4, 0.5) is 0 Å². The first-order valence-corrected chi connectivity index (χ1v) is 8.13. The number of primary amides is 1. The Morgan fingerprint density at radius 3 is 2.83 bits per heavy atom. The van der Waals surface area contributed by atoms with Gasteiger partial charge in [0.05, 0.1) is 5.75 Å². The van der Waals surface area contributed by atoms with Crippen molar-refractivity contribution in [2.45, 2.75) is 30.3 Å². The maximum Gasteiger partial charge on any atom is 0.255 e. The van der Waals surface area contributed by atoms with E-state index < -0.39 is 17.9 Å². The van der Waals surface area contributed by atoms with Gasteiger partial charge in [-0.15, -0.1) is 11.8 Å². The van der Waals surface area contributed by atoms with Gasteiger partial charge in [-0.1, -0.05) is 0 Å². The number of thioether (sulfide) groups is 1. The van der Waals surface area contributed by atoms with Gasteiger partial charge in [-0.2, -0.15) is 0 Å². The highest BCUT2D eigenvalue weighted by Gasteiger charge is 2.39. The molecule has 120 valence electrons. The lowest BCUT2D eigenvalue weighted by Gasteiger charge is -2.29. The quantitative estimate of drug-likeness (QED) is 0.596. The zero-order chi connectivity index (χ0) is 16.6. The number of hydrogen-bond donors (Lipinski definition) is 2. The van der Waals surface area contributed by atoms with Crippen molar-refractivity contribution >= 4 is 35.4 Å². The zero-order valence-corrected chi connectivity index (χ0v) is 13.0. The molecule has 1 aromatic carbocycles. The number of carbonyl (C=O) groups excluding carboxylic acids is 4. The molecule has 0 bridgehead atoms. The largest absolute Gasteiger partial charge is 0.369 e. The van der Waals surface area contributed by atoms with Crippen molar-refractivity contribution in [3.05, 3.63) is 29.3 Å². The molecule has 0 saturated carbocycles. The van der Waals surface area contributed by atoms with E-state index in [1.165, 1.54) is 16.7 Å². The number of nitrogens with zero attached hydrogens (tertiary/aromatic N) is 1. The van der Waals surface area contributed by atoms with Crippen LogP contribution in [0.3, 0.4) is 0 Å². The lowest BCUT2D eigenvalue weighted by atomic mass is 10.0. The highest BCUT2D eigenvalue weighted by atomic mass is 32.2. The van der Waals surface area contributed by atoms with E-state index in [2.05, 4.69) is 5.32 Å². The van der Waals surface area contributed by atoms with E-state index in [4.69, 9.17) is 5.73 Å². The summed E-state index contributed by atoms with van der Waals surface area (Å²) < 4.78 is 0. The predicted octanol–water partition coefficient (Wildman–Crippen LogP) is 0.0250. The van der Waals surface area contributed by atoms with Crippen LogP contribution in [-0.2, 0) is 20.9 Å². The summed E-state index contributed by atoms with van der Waals surface area (Å²) in [6.45, 7) is 0.325. The molecule has 8 heteroatoms. The topological polar surface area (TPSA) is 110 Å². The number of rotatable bonds is 4. The molecule has 1 fully saturated rings. The van der Waals surface area contributed by atoms with E-state index in [1.807, 2.05) is 6.07 Å². The Morgan fingerprint density at radius 2 is 2.13 bits per heavy atom. The van der Waals surface area contributed by atoms with Gasteiger partial charge in [0.25, 0.3) is 5.91 Å². The fraction of sp³-hybridized carbons (Fsp3) is 0.333. The van der Waals surface area contributed by atoms with E-state index >= 15 is 0 Å². The molecule has 2 heterocycles. The molecule has 7 nitrogen and oxygen atoms in total. The van der Waals surface area contributed by atoms with Crippen LogP contribution in [0.1, 0.15) is 28.8 Å². The normalized spacial score (nSPS) is 20.4. The molecular weight excluding hydrogens is 318 g/mol. The molecule has 1 aromatic rings. The van der Waals surface area contributed by atoms with Crippen LogP contribution < -0.4 is 11.1 Å². The first-order chi connectivity index (χ1) is 11.0. The molecular formula is C15H15N3O4S. The zero-order valence-electron chi connectivity index (χ0n) is 12.2. The summed E-state index contributed by atoms with van der Waals surface area (Å²) in [6, 6.07) is 4.69. The Bertz CT molecular complexity index is 719. The molecule has 0 aromatic heterocycles. The monoisotopic (exact) mass is 333 g/mol. The van der Waals surface area contributed by atoms with Crippen LogP contribution in [0.25, 0.3) is 0 Å². The Kier molecular flexibility index (Phi) is 4.08. The average molecular weight is 333 g/mol. The molecule has 0 aliphatic carbocycles. The summed E-state index contributed by atoms with van der Waals surface area (Å²) in [7, 11) is 0. The molecule has 1 saturated heterocycles. The third kappa shape index (κ3) is 3.07. The highest BCUT2D eigenvalue weighted by molar-refractivity contribution is 8.00. The van der Waals surface area contributed by atoms with E-state index in [-0.39, 0.29) is 24.0 Å². The number of fused-ring (bicyclic) bond motifs is 1. The number of hydrogen-bond acceptors (Lipinski definition) is 5. The van der Waals surface area contributed by atoms with Crippen LogP contribution in [0.5, 0.6) is 0 Å². The second-order valence-electron chi connectivity index (χ2n) is 5.47. The maximum atomic E-state index is 12.5. The molecule has 3 rings (SSSR count). The molecule has 0 spiro atoms. The van der Waals surface area contributed by atoms with Gasteiger partial charge in [-0.05, 0) is 30.2 Å². The van der Waals surface area contributed by atoms with Crippen molar-refractivity contribution in [1.82, 2.24) is 10.2 Å². The summed E-state index contributed by atoms with van der Waals surface area (Å²) in [5.41, 5.74) is 6.50. The van der Waals surface area contributed by atoms with E-state index in [0.717, 1.165) is 10.5 Å². The molecule has 4 amide bonds.